The number of hydrogen-bond acceptors (Lipinski definition) is 4. The standard InChI is InChI=1S/C10H17NO4S/c1-4-11(8(2)3)16(13,14)10-6-5-9(7-12)15-10/h5-6,8,12H,4,7H2,1-3H3. The van der Waals surface area contributed by atoms with Crippen molar-refractivity contribution in [3.05, 3.63) is 17.9 Å². The lowest BCUT2D eigenvalue weighted by atomic mass is 10.4. The molecule has 1 rings (SSSR count). The van der Waals surface area contributed by atoms with Gasteiger partial charge in [0.25, 0.3) is 10.0 Å². The van der Waals surface area contributed by atoms with Crippen LogP contribution in [0.4, 0.5) is 0 Å². The molecule has 0 amide bonds. The molecule has 0 aromatic carbocycles. The molecule has 0 aliphatic heterocycles. The van der Waals surface area contributed by atoms with E-state index in [0.717, 1.165) is 0 Å². The summed E-state index contributed by atoms with van der Waals surface area (Å²) in [5.74, 6) is 0.249. The highest BCUT2D eigenvalue weighted by molar-refractivity contribution is 7.89. The Morgan fingerprint density at radius 1 is 1.44 bits per heavy atom. The first kappa shape index (κ1) is 13.2. The molecule has 0 radical (unpaired) electrons. The number of aliphatic hydroxyl groups is 1. The average molecular weight is 247 g/mol. The van der Waals surface area contributed by atoms with Crippen LogP contribution in [0.1, 0.15) is 26.5 Å². The van der Waals surface area contributed by atoms with Crippen LogP contribution in [0.15, 0.2) is 21.6 Å². The van der Waals surface area contributed by atoms with Gasteiger partial charge in [-0.05, 0) is 26.0 Å². The van der Waals surface area contributed by atoms with Crippen LogP contribution in [0.3, 0.4) is 0 Å². The number of hydrogen-bond donors (Lipinski definition) is 1. The molecule has 5 nitrogen and oxygen atoms in total. The van der Waals surface area contributed by atoms with Crippen LogP contribution in [-0.4, -0.2) is 30.4 Å². The summed E-state index contributed by atoms with van der Waals surface area (Å²) in [6.45, 7) is 5.46. The third kappa shape index (κ3) is 2.45. The number of nitrogens with zero attached hydrogens (tertiary/aromatic N) is 1. The van der Waals surface area contributed by atoms with E-state index in [1.165, 1.54) is 16.4 Å². The van der Waals surface area contributed by atoms with Crippen molar-refractivity contribution in [2.45, 2.75) is 38.5 Å². The van der Waals surface area contributed by atoms with Crippen molar-refractivity contribution in [3.8, 4) is 0 Å². The summed E-state index contributed by atoms with van der Waals surface area (Å²) in [6.07, 6.45) is 0. The second kappa shape index (κ2) is 4.99. The van der Waals surface area contributed by atoms with Gasteiger partial charge in [0.15, 0.2) is 0 Å². The number of furan rings is 1. The van der Waals surface area contributed by atoms with Gasteiger partial charge < -0.3 is 9.52 Å². The molecule has 0 aliphatic rings. The molecule has 0 spiro atoms. The lowest BCUT2D eigenvalue weighted by molar-refractivity contribution is 0.234. The number of aliphatic hydroxyl groups excluding tert-OH is 1. The van der Waals surface area contributed by atoms with Crippen LogP contribution in [0.25, 0.3) is 0 Å². The Labute approximate surface area is 95.7 Å². The Morgan fingerprint density at radius 3 is 2.44 bits per heavy atom. The maximum absolute atomic E-state index is 12.1. The van der Waals surface area contributed by atoms with Gasteiger partial charge in [-0.3, -0.25) is 0 Å². The SMILES string of the molecule is CCN(C(C)C)S(=O)(=O)c1ccc(CO)o1. The monoisotopic (exact) mass is 247 g/mol. The summed E-state index contributed by atoms with van der Waals surface area (Å²) in [7, 11) is -3.58. The van der Waals surface area contributed by atoms with Gasteiger partial charge in [0, 0.05) is 12.6 Å². The topological polar surface area (TPSA) is 70.8 Å². The zero-order valence-electron chi connectivity index (χ0n) is 9.67. The van der Waals surface area contributed by atoms with Crippen molar-refractivity contribution < 1.29 is 17.9 Å². The van der Waals surface area contributed by atoms with E-state index in [2.05, 4.69) is 0 Å². The first-order valence-electron chi connectivity index (χ1n) is 5.14. The molecular formula is C10H17NO4S. The van der Waals surface area contributed by atoms with E-state index in [0.29, 0.717) is 6.54 Å². The van der Waals surface area contributed by atoms with E-state index in [1.54, 1.807) is 20.8 Å². The summed E-state index contributed by atoms with van der Waals surface area (Å²) in [5, 5.41) is 8.70. The maximum atomic E-state index is 12.1. The molecule has 0 bridgehead atoms. The molecule has 0 atom stereocenters. The third-order valence-electron chi connectivity index (χ3n) is 2.24. The van der Waals surface area contributed by atoms with Gasteiger partial charge in [-0.2, -0.15) is 4.31 Å². The Hall–Kier alpha value is -0.850. The Balaban J connectivity index is 3.09. The van der Waals surface area contributed by atoms with E-state index in [-0.39, 0.29) is 23.5 Å². The first-order chi connectivity index (χ1) is 7.43. The zero-order chi connectivity index (χ0) is 12.3. The lowest BCUT2D eigenvalue weighted by Gasteiger charge is -2.22. The van der Waals surface area contributed by atoms with E-state index in [1.807, 2.05) is 0 Å². The van der Waals surface area contributed by atoms with Crippen LogP contribution >= 0.6 is 0 Å². The summed E-state index contributed by atoms with van der Waals surface area (Å²) >= 11 is 0. The summed E-state index contributed by atoms with van der Waals surface area (Å²) in [5.41, 5.74) is 0. The molecule has 0 unspecified atom stereocenters. The lowest BCUT2D eigenvalue weighted by Crippen LogP contribution is -2.36. The maximum Gasteiger partial charge on any atom is 0.276 e. The second-order valence-corrected chi connectivity index (χ2v) is 5.50. The average Bonchev–Trinajstić information content (AvgIpc) is 2.66. The molecule has 1 heterocycles. The number of rotatable bonds is 5. The molecule has 6 heteroatoms. The fraction of sp³-hybridized carbons (Fsp3) is 0.600. The second-order valence-electron chi connectivity index (χ2n) is 3.68. The Morgan fingerprint density at radius 2 is 2.06 bits per heavy atom. The minimum absolute atomic E-state index is 0.118. The van der Waals surface area contributed by atoms with Gasteiger partial charge in [0.05, 0.1) is 0 Å². The predicted octanol–water partition coefficient (Wildman–Crippen LogP) is 1.19. The Kier molecular flexibility index (Phi) is 4.12. The summed E-state index contributed by atoms with van der Waals surface area (Å²) in [6, 6.07) is 2.70. The smallest absolute Gasteiger partial charge is 0.276 e. The van der Waals surface area contributed by atoms with Gasteiger partial charge in [0.2, 0.25) is 5.09 Å². The van der Waals surface area contributed by atoms with E-state index in [9.17, 15) is 8.42 Å². The normalized spacial score (nSPS) is 12.6. The first-order valence-corrected chi connectivity index (χ1v) is 6.59. The highest BCUT2D eigenvalue weighted by Crippen LogP contribution is 2.20. The Bertz CT molecular complexity index is 435. The van der Waals surface area contributed by atoms with Crippen molar-refractivity contribution in [1.82, 2.24) is 4.31 Å². The molecule has 1 N–H and O–H groups in total. The van der Waals surface area contributed by atoms with Crippen molar-refractivity contribution in [1.29, 1.82) is 0 Å². The van der Waals surface area contributed by atoms with Gasteiger partial charge in [-0.1, -0.05) is 6.92 Å². The van der Waals surface area contributed by atoms with Gasteiger partial charge in [-0.15, -0.1) is 0 Å². The molecule has 1 aromatic rings. The van der Waals surface area contributed by atoms with E-state index >= 15 is 0 Å². The zero-order valence-corrected chi connectivity index (χ0v) is 10.5. The fourth-order valence-corrected chi connectivity index (χ4v) is 3.09. The third-order valence-corrected chi connectivity index (χ3v) is 4.27. The molecule has 92 valence electrons. The minimum atomic E-state index is -3.58. The highest BCUT2D eigenvalue weighted by Gasteiger charge is 2.28. The largest absolute Gasteiger partial charge is 0.446 e. The van der Waals surface area contributed by atoms with Gasteiger partial charge in [0.1, 0.15) is 12.4 Å². The number of sulfonamides is 1. The molecule has 0 saturated carbocycles. The van der Waals surface area contributed by atoms with Crippen molar-refractivity contribution in [2.24, 2.45) is 0 Å². The van der Waals surface area contributed by atoms with Crippen LogP contribution in [-0.2, 0) is 16.6 Å². The summed E-state index contributed by atoms with van der Waals surface area (Å²) in [4.78, 5) is 0. The molecule has 0 fully saturated rings. The molecule has 16 heavy (non-hydrogen) atoms. The van der Waals surface area contributed by atoms with Gasteiger partial charge in [-0.25, -0.2) is 8.42 Å². The van der Waals surface area contributed by atoms with Crippen LogP contribution in [0, 0.1) is 0 Å². The van der Waals surface area contributed by atoms with Crippen molar-refractivity contribution in [3.63, 3.8) is 0 Å². The fourth-order valence-electron chi connectivity index (χ4n) is 1.51. The quantitative estimate of drug-likeness (QED) is 0.848. The van der Waals surface area contributed by atoms with E-state index < -0.39 is 10.0 Å². The molecular weight excluding hydrogens is 230 g/mol. The van der Waals surface area contributed by atoms with Crippen molar-refractivity contribution in [2.75, 3.05) is 6.54 Å². The van der Waals surface area contributed by atoms with Crippen LogP contribution in [0.5, 0.6) is 0 Å². The van der Waals surface area contributed by atoms with Crippen LogP contribution < -0.4 is 0 Å². The molecule has 0 aliphatic carbocycles. The van der Waals surface area contributed by atoms with E-state index in [4.69, 9.17) is 9.52 Å². The van der Waals surface area contributed by atoms with Gasteiger partial charge >= 0.3 is 0 Å². The van der Waals surface area contributed by atoms with Crippen LogP contribution in [0.2, 0.25) is 0 Å². The minimum Gasteiger partial charge on any atom is -0.446 e. The molecule has 0 saturated heterocycles. The highest BCUT2D eigenvalue weighted by atomic mass is 32.2. The summed E-state index contributed by atoms with van der Waals surface area (Å²) < 4.78 is 30.6. The molecule has 1 aromatic heterocycles. The predicted molar refractivity (Wildman–Crippen MR) is 59.3 cm³/mol. The van der Waals surface area contributed by atoms with Crippen molar-refractivity contribution >= 4 is 10.0 Å².